The van der Waals surface area contributed by atoms with Gasteiger partial charge in [0.15, 0.2) is 0 Å². The average Bonchev–Trinajstić information content (AvgIpc) is 2.39. The fraction of sp³-hybridized carbons (Fsp3) is 0.533. The molecule has 0 fully saturated rings. The first-order chi connectivity index (χ1) is 8.72. The summed E-state index contributed by atoms with van der Waals surface area (Å²) < 4.78 is 0. The van der Waals surface area contributed by atoms with Gasteiger partial charge in [0.05, 0.1) is 6.10 Å². The molecule has 0 bridgehead atoms. The van der Waals surface area contributed by atoms with Crippen LogP contribution in [0.5, 0.6) is 0 Å². The summed E-state index contributed by atoms with van der Waals surface area (Å²) in [6.07, 6.45) is 4.53. The van der Waals surface area contributed by atoms with Crippen molar-refractivity contribution >= 4 is 5.91 Å². The fourth-order valence-electron chi connectivity index (χ4n) is 2.39. The second kappa shape index (κ2) is 6.01. The first-order valence-corrected chi connectivity index (χ1v) is 6.81. The van der Waals surface area contributed by atoms with Gasteiger partial charge in [-0.2, -0.15) is 0 Å². The quantitative estimate of drug-likeness (QED) is 0.786. The predicted molar refractivity (Wildman–Crippen MR) is 71.6 cm³/mol. The lowest BCUT2D eigenvalue weighted by Gasteiger charge is -2.19. The Bertz CT molecular complexity index is 429. The minimum atomic E-state index is -0.448. The Labute approximate surface area is 108 Å². The molecular formula is C15H21NO2. The van der Waals surface area contributed by atoms with Crippen LogP contribution in [0.25, 0.3) is 0 Å². The van der Waals surface area contributed by atoms with Gasteiger partial charge in [0, 0.05) is 12.1 Å². The standard InChI is InChI=1S/C15H21NO2/c1-2-3-4-5-14(17)12-7-6-11-8-9-16-15(18)13(11)10-12/h6-7,10,14,17H,2-5,8-9H2,1H3,(H,16,18). The van der Waals surface area contributed by atoms with Gasteiger partial charge in [-0.25, -0.2) is 0 Å². The molecule has 0 aliphatic carbocycles. The summed E-state index contributed by atoms with van der Waals surface area (Å²) in [5.41, 5.74) is 2.68. The zero-order chi connectivity index (χ0) is 13.0. The van der Waals surface area contributed by atoms with Crippen molar-refractivity contribution in [3.8, 4) is 0 Å². The van der Waals surface area contributed by atoms with E-state index >= 15 is 0 Å². The van der Waals surface area contributed by atoms with E-state index in [-0.39, 0.29) is 5.91 Å². The lowest BCUT2D eigenvalue weighted by molar-refractivity contribution is 0.0945. The van der Waals surface area contributed by atoms with Gasteiger partial charge in [-0.15, -0.1) is 0 Å². The van der Waals surface area contributed by atoms with Crippen LogP contribution in [0.15, 0.2) is 18.2 Å². The van der Waals surface area contributed by atoms with Gasteiger partial charge < -0.3 is 10.4 Å². The molecular weight excluding hydrogens is 226 g/mol. The maximum Gasteiger partial charge on any atom is 0.251 e. The summed E-state index contributed by atoms with van der Waals surface area (Å²) in [6, 6.07) is 5.78. The van der Waals surface area contributed by atoms with Crippen molar-refractivity contribution in [1.82, 2.24) is 5.32 Å². The maximum absolute atomic E-state index is 11.7. The number of carbonyl (C=O) groups is 1. The van der Waals surface area contributed by atoms with Crippen molar-refractivity contribution in [3.05, 3.63) is 34.9 Å². The highest BCUT2D eigenvalue weighted by Crippen LogP contribution is 2.24. The molecule has 1 aromatic rings. The third-order valence-electron chi connectivity index (χ3n) is 3.52. The zero-order valence-corrected chi connectivity index (χ0v) is 10.9. The van der Waals surface area contributed by atoms with E-state index in [0.717, 1.165) is 48.8 Å². The van der Waals surface area contributed by atoms with Gasteiger partial charge in [-0.05, 0) is 30.0 Å². The molecule has 1 heterocycles. The van der Waals surface area contributed by atoms with Crippen LogP contribution < -0.4 is 5.32 Å². The second-order valence-corrected chi connectivity index (χ2v) is 4.93. The molecule has 1 unspecified atom stereocenters. The topological polar surface area (TPSA) is 49.3 Å². The van der Waals surface area contributed by atoms with Crippen molar-refractivity contribution in [2.24, 2.45) is 0 Å². The van der Waals surface area contributed by atoms with E-state index in [1.54, 1.807) is 0 Å². The number of hydrogen-bond donors (Lipinski definition) is 2. The molecule has 0 saturated heterocycles. The molecule has 1 atom stereocenters. The minimum absolute atomic E-state index is 0.0149. The highest BCUT2D eigenvalue weighted by atomic mass is 16.3. The summed E-state index contributed by atoms with van der Waals surface area (Å²) in [6.45, 7) is 2.86. The largest absolute Gasteiger partial charge is 0.388 e. The van der Waals surface area contributed by atoms with Crippen LogP contribution in [0.2, 0.25) is 0 Å². The van der Waals surface area contributed by atoms with E-state index in [2.05, 4.69) is 12.2 Å². The van der Waals surface area contributed by atoms with Crippen molar-refractivity contribution in [2.45, 2.75) is 45.1 Å². The fourth-order valence-corrected chi connectivity index (χ4v) is 2.39. The van der Waals surface area contributed by atoms with Gasteiger partial charge >= 0.3 is 0 Å². The molecule has 18 heavy (non-hydrogen) atoms. The number of carbonyl (C=O) groups excluding carboxylic acids is 1. The summed E-state index contributed by atoms with van der Waals surface area (Å²) in [7, 11) is 0. The minimum Gasteiger partial charge on any atom is -0.388 e. The van der Waals surface area contributed by atoms with Crippen molar-refractivity contribution < 1.29 is 9.90 Å². The van der Waals surface area contributed by atoms with Crippen molar-refractivity contribution in [1.29, 1.82) is 0 Å². The Hall–Kier alpha value is -1.35. The molecule has 1 amide bonds. The highest BCUT2D eigenvalue weighted by molar-refractivity contribution is 5.96. The maximum atomic E-state index is 11.7. The van der Waals surface area contributed by atoms with Crippen molar-refractivity contribution in [2.75, 3.05) is 6.54 Å². The Morgan fingerprint density at radius 3 is 3.00 bits per heavy atom. The van der Waals surface area contributed by atoms with E-state index < -0.39 is 6.10 Å². The van der Waals surface area contributed by atoms with E-state index in [1.807, 2.05) is 18.2 Å². The van der Waals surface area contributed by atoms with Gasteiger partial charge in [-0.1, -0.05) is 38.3 Å². The van der Waals surface area contributed by atoms with Crippen LogP contribution in [0.4, 0.5) is 0 Å². The highest BCUT2D eigenvalue weighted by Gasteiger charge is 2.18. The number of aliphatic hydroxyl groups excluding tert-OH is 1. The summed E-state index contributed by atoms with van der Waals surface area (Å²) in [5.74, 6) is -0.0149. The van der Waals surface area contributed by atoms with Crippen LogP contribution >= 0.6 is 0 Å². The molecule has 0 aromatic heterocycles. The van der Waals surface area contributed by atoms with Crippen LogP contribution in [-0.4, -0.2) is 17.6 Å². The third-order valence-corrected chi connectivity index (χ3v) is 3.52. The molecule has 1 aliphatic rings. The first kappa shape index (κ1) is 13.1. The molecule has 0 saturated carbocycles. The first-order valence-electron chi connectivity index (χ1n) is 6.81. The second-order valence-electron chi connectivity index (χ2n) is 4.93. The van der Waals surface area contributed by atoms with Crippen LogP contribution in [-0.2, 0) is 6.42 Å². The van der Waals surface area contributed by atoms with Crippen LogP contribution in [0, 0.1) is 0 Å². The lowest BCUT2D eigenvalue weighted by Crippen LogP contribution is -2.31. The Morgan fingerprint density at radius 1 is 1.39 bits per heavy atom. The number of hydrogen-bond acceptors (Lipinski definition) is 2. The molecule has 1 aliphatic heterocycles. The normalized spacial score (nSPS) is 16.0. The summed E-state index contributed by atoms with van der Waals surface area (Å²) >= 11 is 0. The molecule has 2 rings (SSSR count). The molecule has 1 aromatic carbocycles. The number of benzene rings is 1. The number of unbranched alkanes of at least 4 members (excludes halogenated alkanes) is 2. The number of nitrogens with one attached hydrogen (secondary N) is 1. The van der Waals surface area contributed by atoms with Gasteiger partial charge in [0.25, 0.3) is 5.91 Å². The summed E-state index contributed by atoms with van der Waals surface area (Å²) in [5, 5.41) is 12.9. The zero-order valence-electron chi connectivity index (χ0n) is 10.9. The Balaban J connectivity index is 2.10. The van der Waals surface area contributed by atoms with E-state index in [4.69, 9.17) is 0 Å². The van der Waals surface area contributed by atoms with Crippen LogP contribution in [0.3, 0.4) is 0 Å². The van der Waals surface area contributed by atoms with E-state index in [9.17, 15) is 9.90 Å². The number of fused-ring (bicyclic) bond motifs is 1. The van der Waals surface area contributed by atoms with Gasteiger partial charge in [0.2, 0.25) is 0 Å². The Kier molecular flexibility index (Phi) is 4.37. The lowest BCUT2D eigenvalue weighted by atomic mass is 9.94. The van der Waals surface area contributed by atoms with E-state index in [1.165, 1.54) is 0 Å². The van der Waals surface area contributed by atoms with Crippen LogP contribution in [0.1, 0.15) is 60.2 Å². The number of aliphatic hydroxyl groups is 1. The van der Waals surface area contributed by atoms with Crippen molar-refractivity contribution in [3.63, 3.8) is 0 Å². The number of rotatable bonds is 5. The SMILES string of the molecule is CCCCCC(O)c1ccc2c(c1)C(=O)NCC2. The molecule has 3 nitrogen and oxygen atoms in total. The molecule has 98 valence electrons. The molecule has 3 heteroatoms. The smallest absolute Gasteiger partial charge is 0.251 e. The predicted octanol–water partition coefficient (Wildman–Crippen LogP) is 2.59. The van der Waals surface area contributed by atoms with Gasteiger partial charge in [0.1, 0.15) is 0 Å². The third kappa shape index (κ3) is 2.91. The monoisotopic (exact) mass is 247 g/mol. The van der Waals surface area contributed by atoms with Gasteiger partial charge in [-0.3, -0.25) is 4.79 Å². The Morgan fingerprint density at radius 2 is 2.22 bits per heavy atom. The summed E-state index contributed by atoms with van der Waals surface area (Å²) in [4.78, 5) is 11.7. The van der Waals surface area contributed by atoms with E-state index in [0.29, 0.717) is 6.54 Å². The average molecular weight is 247 g/mol. The molecule has 2 N–H and O–H groups in total. The molecule has 0 radical (unpaired) electrons. The number of amides is 1. The molecule has 0 spiro atoms.